The molecule has 2 aromatic rings. The van der Waals surface area contributed by atoms with Crippen molar-refractivity contribution in [1.29, 1.82) is 10.8 Å². The van der Waals surface area contributed by atoms with Crippen molar-refractivity contribution in [3.8, 4) is 5.75 Å². The predicted octanol–water partition coefficient (Wildman–Crippen LogP) is 5.42. The molecule has 0 atom stereocenters. The molecule has 2 aromatic carbocycles. The molecule has 0 unspecified atom stereocenters. The molecular weight excluding hydrogens is 396 g/mol. The molecule has 5 heteroatoms. The van der Waals surface area contributed by atoms with Crippen LogP contribution >= 0.6 is 0 Å². The lowest BCUT2D eigenvalue weighted by Crippen LogP contribution is -2.62. The quantitative estimate of drug-likeness (QED) is 0.280. The number of piperidine rings is 1. The smallest absolute Gasteiger partial charge is 0.120 e. The average molecular weight is 433 g/mol. The van der Waals surface area contributed by atoms with E-state index in [0.29, 0.717) is 18.0 Å². The van der Waals surface area contributed by atoms with Crippen LogP contribution in [0.5, 0.6) is 5.75 Å². The summed E-state index contributed by atoms with van der Waals surface area (Å²) in [5.74, 6) is 0.674. The van der Waals surface area contributed by atoms with E-state index in [9.17, 15) is 5.11 Å². The van der Waals surface area contributed by atoms with Gasteiger partial charge in [0.1, 0.15) is 11.6 Å². The fourth-order valence-electron chi connectivity index (χ4n) is 5.02. The molecule has 1 aliphatic heterocycles. The van der Waals surface area contributed by atoms with Crippen LogP contribution in [0.15, 0.2) is 55.1 Å². The molecule has 5 nitrogen and oxygen atoms in total. The molecule has 0 saturated carbocycles. The molecule has 1 heterocycles. The lowest BCUT2D eigenvalue weighted by molar-refractivity contribution is 0.114. The number of nitrogens with zero attached hydrogens (tertiary/aromatic N) is 1. The van der Waals surface area contributed by atoms with Crippen LogP contribution in [0.2, 0.25) is 0 Å². The Morgan fingerprint density at radius 1 is 1.12 bits per heavy atom. The Balaban J connectivity index is 1.75. The molecule has 0 aliphatic carbocycles. The van der Waals surface area contributed by atoms with E-state index in [1.54, 1.807) is 24.3 Å². The van der Waals surface area contributed by atoms with Crippen molar-refractivity contribution in [1.82, 2.24) is 10.2 Å². The number of rotatable bonds is 6. The molecule has 170 valence electrons. The third kappa shape index (κ3) is 5.28. The molecule has 0 radical (unpaired) electrons. The van der Waals surface area contributed by atoms with Crippen molar-refractivity contribution in [2.45, 2.75) is 64.1 Å². The van der Waals surface area contributed by atoms with Crippen LogP contribution in [0.3, 0.4) is 0 Å². The molecule has 1 saturated heterocycles. The minimum atomic E-state index is 0.0152. The summed E-state index contributed by atoms with van der Waals surface area (Å²) in [6.07, 6.45) is 7.71. The number of allylic oxidation sites excluding steroid dienone is 2. The third-order valence-electron chi connectivity index (χ3n) is 6.27. The lowest BCUT2D eigenvalue weighted by atomic mass is 9.79. The maximum absolute atomic E-state index is 10.2. The van der Waals surface area contributed by atoms with E-state index in [4.69, 9.17) is 10.8 Å². The Labute approximate surface area is 191 Å². The number of benzene rings is 2. The van der Waals surface area contributed by atoms with Gasteiger partial charge in [0.25, 0.3) is 0 Å². The van der Waals surface area contributed by atoms with Crippen molar-refractivity contribution in [2.75, 3.05) is 7.05 Å². The standard InChI is InChI=1S/C27H36N4O/c1-7-8-22-21-11-9-19(15-18(21)10-13-24(22)32)23(28)12-14-25(29)31(6)20-16-26(2,3)30-27(4,5)17-20/h7,9-15,20,28-30,32H,1,8,16-17H2,2-6H3/b14-12-,28-23?,29-25?. The van der Waals surface area contributed by atoms with Crippen LogP contribution in [-0.4, -0.2) is 45.7 Å². The zero-order valence-corrected chi connectivity index (χ0v) is 19.9. The first-order valence-electron chi connectivity index (χ1n) is 11.2. The van der Waals surface area contributed by atoms with Crippen LogP contribution < -0.4 is 5.32 Å². The molecule has 1 aliphatic rings. The summed E-state index contributed by atoms with van der Waals surface area (Å²) in [4.78, 5) is 2.03. The van der Waals surface area contributed by atoms with Crippen molar-refractivity contribution in [2.24, 2.45) is 0 Å². The van der Waals surface area contributed by atoms with E-state index in [-0.39, 0.29) is 22.9 Å². The Bertz CT molecular complexity index is 1060. The fourth-order valence-corrected chi connectivity index (χ4v) is 5.02. The Kier molecular flexibility index (Phi) is 6.61. The summed E-state index contributed by atoms with van der Waals surface area (Å²) < 4.78 is 0. The number of nitrogens with one attached hydrogen (secondary N) is 3. The fraction of sp³-hybridized carbons (Fsp3) is 0.407. The van der Waals surface area contributed by atoms with Gasteiger partial charge >= 0.3 is 0 Å². The Morgan fingerprint density at radius 3 is 2.41 bits per heavy atom. The maximum Gasteiger partial charge on any atom is 0.120 e. The van der Waals surface area contributed by atoms with Crippen LogP contribution in [0.4, 0.5) is 0 Å². The van der Waals surface area contributed by atoms with Gasteiger partial charge in [-0.25, -0.2) is 0 Å². The average Bonchev–Trinajstić information content (AvgIpc) is 2.70. The summed E-state index contributed by atoms with van der Waals surface area (Å²) in [6.45, 7) is 12.6. The highest BCUT2D eigenvalue weighted by Crippen LogP contribution is 2.31. The first kappa shape index (κ1) is 23.7. The SMILES string of the molecule is C=CCc1c(O)ccc2cc(C(=N)/C=C\C(=N)N(C)C3CC(C)(C)NC(C)(C)C3)ccc12. The van der Waals surface area contributed by atoms with Crippen LogP contribution in [0.25, 0.3) is 10.8 Å². The molecule has 4 N–H and O–H groups in total. The minimum absolute atomic E-state index is 0.0152. The van der Waals surface area contributed by atoms with Gasteiger partial charge in [0.15, 0.2) is 0 Å². The Morgan fingerprint density at radius 2 is 1.78 bits per heavy atom. The maximum atomic E-state index is 10.2. The van der Waals surface area contributed by atoms with Crippen LogP contribution in [0, 0.1) is 10.8 Å². The van der Waals surface area contributed by atoms with Gasteiger partial charge in [0.05, 0.1) is 5.71 Å². The van der Waals surface area contributed by atoms with Gasteiger partial charge in [0, 0.05) is 35.3 Å². The number of aromatic hydroxyl groups is 1. The highest BCUT2D eigenvalue weighted by Gasteiger charge is 2.39. The second-order valence-corrected chi connectivity index (χ2v) is 10.2. The van der Waals surface area contributed by atoms with Crippen LogP contribution in [-0.2, 0) is 6.42 Å². The number of phenolic OH excluding ortho intramolecular Hbond substituents is 1. The summed E-state index contributed by atoms with van der Waals surface area (Å²) in [7, 11) is 1.97. The van der Waals surface area contributed by atoms with E-state index in [1.807, 2.05) is 36.2 Å². The highest BCUT2D eigenvalue weighted by atomic mass is 16.3. The first-order chi connectivity index (χ1) is 14.9. The first-order valence-corrected chi connectivity index (χ1v) is 11.2. The minimum Gasteiger partial charge on any atom is -0.508 e. The zero-order chi connectivity index (χ0) is 23.7. The number of hydrogen-bond donors (Lipinski definition) is 4. The van der Waals surface area contributed by atoms with Gasteiger partial charge < -0.3 is 20.7 Å². The number of amidine groups is 1. The van der Waals surface area contributed by atoms with Gasteiger partial charge in [0.2, 0.25) is 0 Å². The summed E-state index contributed by atoms with van der Waals surface area (Å²) in [6, 6.07) is 9.63. The van der Waals surface area contributed by atoms with Gasteiger partial charge in [-0.3, -0.25) is 5.41 Å². The van der Waals surface area contributed by atoms with Gasteiger partial charge in [-0.2, -0.15) is 0 Å². The number of hydrogen-bond acceptors (Lipinski definition) is 4. The van der Waals surface area contributed by atoms with Gasteiger partial charge in [-0.15, -0.1) is 6.58 Å². The van der Waals surface area contributed by atoms with E-state index in [2.05, 4.69) is 39.6 Å². The molecule has 1 fully saturated rings. The number of phenols is 1. The normalized spacial score (nSPS) is 18.0. The van der Waals surface area contributed by atoms with E-state index in [1.165, 1.54) is 0 Å². The van der Waals surface area contributed by atoms with Crippen molar-refractivity contribution >= 4 is 22.3 Å². The molecule has 0 bridgehead atoms. The monoisotopic (exact) mass is 432 g/mol. The van der Waals surface area contributed by atoms with Gasteiger partial charge in [-0.05, 0) is 82.0 Å². The third-order valence-corrected chi connectivity index (χ3v) is 6.27. The van der Waals surface area contributed by atoms with Gasteiger partial charge in [-0.1, -0.05) is 24.3 Å². The molecular formula is C27H36N4O. The van der Waals surface area contributed by atoms with Crippen molar-refractivity contribution in [3.63, 3.8) is 0 Å². The van der Waals surface area contributed by atoms with E-state index in [0.717, 1.165) is 34.7 Å². The summed E-state index contributed by atoms with van der Waals surface area (Å²) in [5.41, 5.74) is 2.02. The zero-order valence-electron chi connectivity index (χ0n) is 19.9. The predicted molar refractivity (Wildman–Crippen MR) is 135 cm³/mol. The number of fused-ring (bicyclic) bond motifs is 1. The second-order valence-electron chi connectivity index (χ2n) is 10.2. The molecule has 3 rings (SSSR count). The highest BCUT2D eigenvalue weighted by molar-refractivity contribution is 6.11. The van der Waals surface area contributed by atoms with Crippen molar-refractivity contribution in [3.05, 3.63) is 66.3 Å². The summed E-state index contributed by atoms with van der Waals surface area (Å²) >= 11 is 0. The summed E-state index contributed by atoms with van der Waals surface area (Å²) in [5, 5.41) is 32.9. The molecule has 0 amide bonds. The Hall–Kier alpha value is -2.92. The second kappa shape index (κ2) is 8.91. The van der Waals surface area contributed by atoms with Crippen LogP contribution in [0.1, 0.15) is 51.7 Å². The van der Waals surface area contributed by atoms with E-state index < -0.39 is 0 Å². The number of likely N-dealkylation sites (N-methyl/N-ethyl adjacent to an activating group) is 1. The lowest BCUT2D eigenvalue weighted by Gasteiger charge is -2.49. The topological polar surface area (TPSA) is 83.2 Å². The van der Waals surface area contributed by atoms with Crippen molar-refractivity contribution < 1.29 is 5.11 Å². The largest absolute Gasteiger partial charge is 0.508 e. The molecule has 32 heavy (non-hydrogen) atoms. The molecule has 0 aromatic heterocycles. The van der Waals surface area contributed by atoms with E-state index >= 15 is 0 Å². The molecule has 0 spiro atoms.